The second-order valence-corrected chi connectivity index (χ2v) is 6.49. The number of benzene rings is 2. The van der Waals surface area contributed by atoms with E-state index in [0.29, 0.717) is 18.6 Å². The minimum Gasteiger partial charge on any atom is -0.497 e. The fourth-order valence-electron chi connectivity index (χ4n) is 3.12. The Balaban J connectivity index is 1.75. The highest BCUT2D eigenvalue weighted by molar-refractivity contribution is 5.77. The van der Waals surface area contributed by atoms with Gasteiger partial charge in [-0.05, 0) is 30.2 Å². The Bertz CT molecular complexity index is 919. The average Bonchev–Trinajstić information content (AvgIpc) is 3.16. The number of nitrogens with zero attached hydrogens (tertiary/aromatic N) is 2. The lowest BCUT2D eigenvalue weighted by molar-refractivity contribution is -0.121. The topological polar surface area (TPSA) is 65.4 Å². The lowest BCUT2D eigenvalue weighted by atomic mass is 10.0. The predicted octanol–water partition coefficient (Wildman–Crippen LogP) is 3.28. The zero-order valence-electron chi connectivity index (χ0n) is 16.4. The second kappa shape index (κ2) is 9.08. The van der Waals surface area contributed by atoms with Crippen LogP contribution in [0, 0.1) is 0 Å². The van der Waals surface area contributed by atoms with E-state index in [1.165, 1.54) is 0 Å². The molecule has 0 fully saturated rings. The summed E-state index contributed by atoms with van der Waals surface area (Å²) in [5.41, 5.74) is 1.96. The van der Waals surface area contributed by atoms with Crippen LogP contribution < -0.4 is 14.8 Å². The highest BCUT2D eigenvalue weighted by Crippen LogP contribution is 2.29. The van der Waals surface area contributed by atoms with E-state index in [1.54, 1.807) is 20.4 Å². The smallest absolute Gasteiger partial charge is 0.221 e. The van der Waals surface area contributed by atoms with Crippen molar-refractivity contribution in [1.29, 1.82) is 0 Å². The van der Waals surface area contributed by atoms with Gasteiger partial charge in [-0.2, -0.15) is 0 Å². The van der Waals surface area contributed by atoms with Crippen LogP contribution in [0.1, 0.15) is 29.4 Å². The minimum atomic E-state index is -0.389. The van der Waals surface area contributed by atoms with Crippen molar-refractivity contribution < 1.29 is 14.3 Å². The van der Waals surface area contributed by atoms with Gasteiger partial charge < -0.3 is 19.4 Å². The largest absolute Gasteiger partial charge is 0.497 e. The van der Waals surface area contributed by atoms with Gasteiger partial charge in [-0.3, -0.25) is 4.79 Å². The van der Waals surface area contributed by atoms with Crippen molar-refractivity contribution in [1.82, 2.24) is 14.9 Å². The molecule has 3 aromatic rings. The number of para-hydroxylation sites is 1. The predicted molar refractivity (Wildman–Crippen MR) is 108 cm³/mol. The molecule has 1 aromatic heterocycles. The van der Waals surface area contributed by atoms with Crippen LogP contribution in [-0.2, 0) is 18.3 Å². The number of carbonyl (C=O) groups is 1. The molecule has 0 aliphatic carbocycles. The maximum atomic E-state index is 12.7. The second-order valence-electron chi connectivity index (χ2n) is 6.49. The van der Waals surface area contributed by atoms with E-state index in [2.05, 4.69) is 10.3 Å². The first-order chi connectivity index (χ1) is 13.6. The minimum absolute atomic E-state index is 0.0466. The highest BCUT2D eigenvalue weighted by Gasteiger charge is 2.23. The zero-order chi connectivity index (χ0) is 19.9. The molecule has 1 heterocycles. The summed E-state index contributed by atoms with van der Waals surface area (Å²) in [6, 6.07) is 15.0. The Hall–Kier alpha value is -3.28. The molecule has 2 aromatic carbocycles. The van der Waals surface area contributed by atoms with Crippen LogP contribution in [0.5, 0.6) is 11.5 Å². The van der Waals surface area contributed by atoms with Gasteiger partial charge in [-0.1, -0.05) is 30.3 Å². The summed E-state index contributed by atoms with van der Waals surface area (Å²) in [5, 5.41) is 3.12. The van der Waals surface area contributed by atoms with Gasteiger partial charge in [0.05, 0.1) is 14.2 Å². The molecule has 28 heavy (non-hydrogen) atoms. The third-order valence-corrected chi connectivity index (χ3v) is 4.67. The number of hydrogen-bond donors (Lipinski definition) is 1. The van der Waals surface area contributed by atoms with Crippen LogP contribution in [0.4, 0.5) is 0 Å². The molecule has 146 valence electrons. The molecule has 6 nitrogen and oxygen atoms in total. The number of imidazole rings is 1. The summed E-state index contributed by atoms with van der Waals surface area (Å²) in [7, 11) is 5.17. The van der Waals surface area contributed by atoms with Gasteiger partial charge in [-0.25, -0.2) is 4.98 Å². The molecule has 0 radical (unpaired) electrons. The van der Waals surface area contributed by atoms with E-state index >= 15 is 0 Å². The number of aryl methyl sites for hydroxylation is 2. The van der Waals surface area contributed by atoms with Crippen molar-refractivity contribution in [2.45, 2.75) is 18.9 Å². The first-order valence-electron chi connectivity index (χ1n) is 9.14. The van der Waals surface area contributed by atoms with Crippen molar-refractivity contribution in [2.75, 3.05) is 14.2 Å². The van der Waals surface area contributed by atoms with Crippen LogP contribution in [0.3, 0.4) is 0 Å². The first kappa shape index (κ1) is 19.5. The molecule has 0 aliphatic heterocycles. The lowest BCUT2D eigenvalue weighted by Gasteiger charge is -2.21. The van der Waals surface area contributed by atoms with Gasteiger partial charge in [0.15, 0.2) is 0 Å². The summed E-state index contributed by atoms with van der Waals surface area (Å²) in [5.74, 6) is 2.22. The van der Waals surface area contributed by atoms with E-state index in [4.69, 9.17) is 9.47 Å². The number of carbonyl (C=O) groups excluding carboxylic acids is 1. The van der Waals surface area contributed by atoms with Gasteiger partial charge in [0.25, 0.3) is 0 Å². The maximum absolute atomic E-state index is 12.7. The van der Waals surface area contributed by atoms with E-state index in [-0.39, 0.29) is 11.9 Å². The molecule has 0 aliphatic rings. The van der Waals surface area contributed by atoms with Crippen LogP contribution in [0.2, 0.25) is 0 Å². The van der Waals surface area contributed by atoms with Gasteiger partial charge in [0.1, 0.15) is 23.4 Å². The van der Waals surface area contributed by atoms with Crippen LogP contribution in [0.25, 0.3) is 0 Å². The van der Waals surface area contributed by atoms with Crippen LogP contribution in [0.15, 0.2) is 60.9 Å². The number of methoxy groups -OCH3 is 2. The molecule has 0 saturated heterocycles. The highest BCUT2D eigenvalue weighted by atomic mass is 16.5. The third-order valence-electron chi connectivity index (χ3n) is 4.67. The Morgan fingerprint density at radius 2 is 1.86 bits per heavy atom. The van der Waals surface area contributed by atoms with E-state index in [1.807, 2.05) is 66.3 Å². The summed E-state index contributed by atoms with van der Waals surface area (Å²) in [4.78, 5) is 17.2. The monoisotopic (exact) mass is 379 g/mol. The van der Waals surface area contributed by atoms with Gasteiger partial charge >= 0.3 is 0 Å². The van der Waals surface area contributed by atoms with Crippen molar-refractivity contribution >= 4 is 5.91 Å². The molecule has 3 rings (SSSR count). The summed E-state index contributed by atoms with van der Waals surface area (Å²) < 4.78 is 12.6. The van der Waals surface area contributed by atoms with Gasteiger partial charge in [0.2, 0.25) is 5.91 Å². The van der Waals surface area contributed by atoms with Crippen LogP contribution >= 0.6 is 0 Å². The molecule has 1 atom stereocenters. The quantitative estimate of drug-likeness (QED) is 0.652. The van der Waals surface area contributed by atoms with Crippen molar-refractivity contribution in [3.05, 3.63) is 77.9 Å². The molecule has 0 bridgehead atoms. The molecular formula is C22H25N3O3. The number of hydrogen-bond acceptors (Lipinski definition) is 4. The molecule has 0 spiro atoms. The Morgan fingerprint density at radius 3 is 2.50 bits per heavy atom. The van der Waals surface area contributed by atoms with Crippen molar-refractivity contribution in [2.24, 2.45) is 7.05 Å². The number of amides is 1. The van der Waals surface area contributed by atoms with Crippen molar-refractivity contribution in [3.63, 3.8) is 0 Å². The molecule has 1 amide bonds. The first-order valence-corrected chi connectivity index (χ1v) is 9.14. The Morgan fingerprint density at radius 1 is 1.11 bits per heavy atom. The molecule has 6 heteroatoms. The Kier molecular flexibility index (Phi) is 6.32. The fraction of sp³-hybridized carbons (Fsp3) is 0.273. The van der Waals surface area contributed by atoms with E-state index in [9.17, 15) is 4.79 Å². The van der Waals surface area contributed by atoms with E-state index in [0.717, 1.165) is 22.7 Å². The normalized spacial score (nSPS) is 11.7. The molecular weight excluding hydrogens is 354 g/mol. The molecule has 1 N–H and O–H groups in total. The molecule has 0 saturated carbocycles. The third kappa shape index (κ3) is 4.52. The van der Waals surface area contributed by atoms with Gasteiger partial charge in [-0.15, -0.1) is 0 Å². The SMILES string of the molecule is COc1ccc(CCC(=O)NC(c2ccccc2OC)c2nccn2C)cc1. The zero-order valence-corrected chi connectivity index (χ0v) is 16.4. The lowest BCUT2D eigenvalue weighted by Crippen LogP contribution is -2.31. The number of ether oxygens (including phenoxy) is 2. The average molecular weight is 379 g/mol. The summed E-state index contributed by atoms with van der Waals surface area (Å²) >= 11 is 0. The fourth-order valence-corrected chi connectivity index (χ4v) is 3.12. The number of nitrogens with one attached hydrogen (secondary N) is 1. The number of rotatable bonds is 8. The van der Waals surface area contributed by atoms with Gasteiger partial charge in [0, 0.05) is 31.4 Å². The summed E-state index contributed by atoms with van der Waals surface area (Å²) in [6.45, 7) is 0. The van der Waals surface area contributed by atoms with Crippen molar-refractivity contribution in [3.8, 4) is 11.5 Å². The maximum Gasteiger partial charge on any atom is 0.221 e. The standard InChI is InChI=1S/C22H25N3O3/c1-25-15-14-23-22(25)21(18-6-4-5-7-19(18)28-3)24-20(26)13-10-16-8-11-17(27-2)12-9-16/h4-9,11-12,14-15,21H,10,13H2,1-3H3,(H,24,26). The molecule has 1 unspecified atom stereocenters. The Labute approximate surface area is 165 Å². The summed E-state index contributed by atoms with van der Waals surface area (Å²) in [6.07, 6.45) is 4.61. The number of aromatic nitrogens is 2. The van der Waals surface area contributed by atoms with E-state index < -0.39 is 0 Å². The van der Waals surface area contributed by atoms with Crippen LogP contribution in [-0.4, -0.2) is 29.7 Å².